The van der Waals surface area contributed by atoms with Gasteiger partial charge in [-0.15, -0.1) is 0 Å². The van der Waals surface area contributed by atoms with Gasteiger partial charge in [0.25, 0.3) is 0 Å². The lowest BCUT2D eigenvalue weighted by Gasteiger charge is -2.29. The molecule has 1 unspecified atom stereocenters. The van der Waals surface area contributed by atoms with E-state index in [0.29, 0.717) is 16.5 Å². The first-order chi connectivity index (χ1) is 19.6. The smallest absolute Gasteiger partial charge is 0.375 e. The van der Waals surface area contributed by atoms with Gasteiger partial charge in [-0.3, -0.25) is 0 Å². The van der Waals surface area contributed by atoms with Crippen molar-refractivity contribution in [3.05, 3.63) is 107 Å². The second-order valence-corrected chi connectivity index (χ2v) is 15.1. The quantitative estimate of drug-likeness (QED) is 0.110. The predicted octanol–water partition coefficient (Wildman–Crippen LogP) is 9.36. The molecule has 0 spiro atoms. The molecule has 0 aliphatic rings. The van der Waals surface area contributed by atoms with Crippen LogP contribution in [0.2, 0.25) is 0 Å². The van der Waals surface area contributed by atoms with Crippen LogP contribution in [-0.4, -0.2) is 13.9 Å². The summed E-state index contributed by atoms with van der Waals surface area (Å²) in [5.74, 6) is -0.355. The molecule has 8 heteroatoms. The summed E-state index contributed by atoms with van der Waals surface area (Å²) in [4.78, 5) is 0. The minimum Gasteiger partial charge on any atom is -0.375 e. The van der Waals surface area contributed by atoms with E-state index in [9.17, 15) is 21.6 Å². The summed E-state index contributed by atoms with van der Waals surface area (Å²) < 4.78 is 70.2. The Labute approximate surface area is 246 Å². The van der Waals surface area contributed by atoms with Crippen LogP contribution < -0.4 is 9.49 Å². The van der Waals surface area contributed by atoms with E-state index in [0.717, 1.165) is 49.3 Å². The van der Waals surface area contributed by atoms with Gasteiger partial charge < -0.3 is 4.18 Å². The summed E-state index contributed by atoms with van der Waals surface area (Å²) in [5.41, 5.74) is 0.874. The second-order valence-electron chi connectivity index (χ2n) is 11.5. The minimum atomic E-state index is -5.92. The number of rotatable bonds is 6. The predicted molar refractivity (Wildman–Crippen MR) is 169 cm³/mol. The fourth-order valence-corrected chi connectivity index (χ4v) is 7.47. The summed E-state index contributed by atoms with van der Waals surface area (Å²) in [6.07, 6.45) is 0. The Hall–Kier alpha value is -3.41. The highest BCUT2D eigenvalue weighted by atomic mass is 32.2. The van der Waals surface area contributed by atoms with Crippen LogP contribution in [-0.2, 0) is 15.3 Å². The number of fused-ring (bicyclic) bond motifs is 2. The Morgan fingerprint density at radius 3 is 1.71 bits per heavy atom. The van der Waals surface area contributed by atoms with Gasteiger partial charge in [-0.1, -0.05) is 117 Å². The van der Waals surface area contributed by atoms with Gasteiger partial charge in [0.2, 0.25) is 0 Å². The second kappa shape index (κ2) is 10.7. The van der Waals surface area contributed by atoms with Crippen LogP contribution >= 0.6 is 8.58 Å². The topological polar surface area (TPSA) is 43.4 Å². The Kier molecular flexibility index (Phi) is 7.66. The maximum absolute atomic E-state index is 13.6. The molecule has 0 N–H and O–H groups in total. The molecule has 0 bridgehead atoms. The Balaban J connectivity index is 1.85. The zero-order valence-corrected chi connectivity index (χ0v) is 26.1. The van der Waals surface area contributed by atoms with E-state index in [1.807, 2.05) is 62.4 Å². The van der Waals surface area contributed by atoms with Crippen molar-refractivity contribution in [2.24, 2.45) is 0 Å². The molecular weight excluding hydrogens is 576 g/mol. The van der Waals surface area contributed by atoms with Gasteiger partial charge in [0, 0.05) is 16.3 Å². The Bertz CT molecular complexity index is 1940. The molecule has 1 atom stereocenters. The standard InChI is InChI=1S/C34H32F3O3PS/c1-20-7-11-27-24(16-20)9-13-29(40-42(38,39)34(35,36)37)31(27)32-28-12-8-21(2)17-25(28)10-14-30(32)41-33(5,6)26-18-22(3)15-23(4)19-26/h7-19,41H,1-6H3. The lowest BCUT2D eigenvalue weighted by Crippen LogP contribution is -2.28. The molecule has 218 valence electrons. The zero-order chi connectivity index (χ0) is 30.6. The fourth-order valence-electron chi connectivity index (χ4n) is 5.49. The Morgan fingerprint density at radius 2 is 1.17 bits per heavy atom. The number of halogens is 3. The average Bonchev–Trinajstić information content (AvgIpc) is 2.87. The SMILES string of the molecule is Cc1cc(C)cc(C(C)(C)Pc2ccc3cc(C)ccc3c2-c2c(OS(=O)(=O)C(F)(F)F)ccc3cc(C)ccc23)c1. The summed E-state index contributed by atoms with van der Waals surface area (Å²) in [7, 11) is -5.71. The first kappa shape index (κ1) is 30.1. The molecule has 0 aromatic heterocycles. The molecule has 0 radical (unpaired) electrons. The molecule has 5 aromatic rings. The number of hydrogen-bond donors (Lipinski definition) is 0. The summed E-state index contributed by atoms with van der Waals surface area (Å²) >= 11 is 0. The number of hydrogen-bond acceptors (Lipinski definition) is 3. The van der Waals surface area contributed by atoms with Crippen LogP contribution in [0.25, 0.3) is 32.7 Å². The highest BCUT2D eigenvalue weighted by molar-refractivity contribution is 7.88. The van der Waals surface area contributed by atoms with Crippen molar-refractivity contribution in [1.82, 2.24) is 0 Å². The van der Waals surface area contributed by atoms with Gasteiger partial charge in [-0.05, 0) is 66.2 Å². The third kappa shape index (κ3) is 5.77. The van der Waals surface area contributed by atoms with Crippen LogP contribution in [0.15, 0.2) is 78.9 Å². The normalized spacial score (nSPS) is 13.0. The monoisotopic (exact) mass is 608 g/mol. The number of benzene rings is 5. The first-order valence-corrected chi connectivity index (χ1v) is 15.9. The minimum absolute atomic E-state index is 0.201. The van der Waals surface area contributed by atoms with Crippen molar-refractivity contribution >= 4 is 45.5 Å². The van der Waals surface area contributed by atoms with Crippen LogP contribution in [0.1, 0.15) is 41.7 Å². The number of aryl methyl sites for hydroxylation is 4. The first-order valence-electron chi connectivity index (χ1n) is 13.5. The molecule has 42 heavy (non-hydrogen) atoms. The summed E-state index contributed by atoms with van der Waals surface area (Å²) in [5, 5.41) is 3.66. The molecule has 0 aliphatic heterocycles. The summed E-state index contributed by atoms with van der Waals surface area (Å²) in [6, 6.07) is 24.9. The van der Waals surface area contributed by atoms with Crippen LogP contribution in [0.4, 0.5) is 13.2 Å². The van der Waals surface area contributed by atoms with E-state index in [-0.39, 0.29) is 19.5 Å². The third-order valence-electron chi connectivity index (χ3n) is 7.44. The van der Waals surface area contributed by atoms with Crippen molar-refractivity contribution in [3.8, 4) is 16.9 Å². The van der Waals surface area contributed by atoms with Crippen molar-refractivity contribution in [2.45, 2.75) is 52.2 Å². The lowest BCUT2D eigenvalue weighted by molar-refractivity contribution is -0.0499. The van der Waals surface area contributed by atoms with E-state index in [1.165, 1.54) is 6.07 Å². The molecule has 5 aromatic carbocycles. The number of alkyl halides is 3. The molecular formula is C34H32F3O3PS. The molecule has 0 heterocycles. The Morgan fingerprint density at radius 1 is 0.643 bits per heavy atom. The van der Waals surface area contributed by atoms with Crippen LogP contribution in [0, 0.1) is 27.7 Å². The highest BCUT2D eigenvalue weighted by Crippen LogP contribution is 2.48. The molecule has 0 saturated carbocycles. The maximum Gasteiger partial charge on any atom is 0.534 e. The van der Waals surface area contributed by atoms with E-state index in [2.05, 4.69) is 45.9 Å². The van der Waals surface area contributed by atoms with Gasteiger partial charge in [0.1, 0.15) is 0 Å². The summed E-state index contributed by atoms with van der Waals surface area (Å²) in [6.45, 7) is 12.3. The van der Waals surface area contributed by atoms with Crippen molar-refractivity contribution in [2.75, 3.05) is 0 Å². The van der Waals surface area contributed by atoms with Crippen LogP contribution in [0.5, 0.6) is 5.75 Å². The third-order valence-corrected chi connectivity index (χ3v) is 10.0. The van der Waals surface area contributed by atoms with Gasteiger partial charge in [0.05, 0.1) is 0 Å². The van der Waals surface area contributed by atoms with Gasteiger partial charge in [-0.25, -0.2) is 0 Å². The van der Waals surface area contributed by atoms with E-state index in [4.69, 9.17) is 4.18 Å². The van der Waals surface area contributed by atoms with Crippen molar-refractivity contribution < 1.29 is 25.8 Å². The fraction of sp³-hybridized carbons (Fsp3) is 0.235. The molecule has 0 fully saturated rings. The molecule has 0 amide bonds. The van der Waals surface area contributed by atoms with Gasteiger partial charge in [0.15, 0.2) is 5.75 Å². The van der Waals surface area contributed by atoms with Gasteiger partial charge >= 0.3 is 15.6 Å². The average molecular weight is 609 g/mol. The van der Waals surface area contributed by atoms with E-state index in [1.54, 1.807) is 6.07 Å². The van der Waals surface area contributed by atoms with E-state index < -0.39 is 15.6 Å². The molecule has 0 aliphatic carbocycles. The van der Waals surface area contributed by atoms with E-state index >= 15 is 0 Å². The maximum atomic E-state index is 13.6. The van der Waals surface area contributed by atoms with Crippen molar-refractivity contribution in [1.29, 1.82) is 0 Å². The van der Waals surface area contributed by atoms with Gasteiger partial charge in [-0.2, -0.15) is 21.6 Å². The largest absolute Gasteiger partial charge is 0.534 e. The molecule has 3 nitrogen and oxygen atoms in total. The molecule has 5 rings (SSSR count). The lowest BCUT2D eigenvalue weighted by atomic mass is 9.92. The van der Waals surface area contributed by atoms with Crippen molar-refractivity contribution in [3.63, 3.8) is 0 Å². The highest BCUT2D eigenvalue weighted by Gasteiger charge is 2.49. The van der Waals surface area contributed by atoms with Crippen LogP contribution in [0.3, 0.4) is 0 Å². The zero-order valence-electron chi connectivity index (χ0n) is 24.3. The molecule has 0 saturated heterocycles.